The molecule has 4 aromatic carbocycles. The number of halogens is 2. The number of anilines is 1. The second kappa shape index (κ2) is 11.8. The zero-order valence-electron chi connectivity index (χ0n) is 23.1. The number of rotatable bonds is 8. The summed E-state index contributed by atoms with van der Waals surface area (Å²) in [6.45, 7) is 4.77. The summed E-state index contributed by atoms with van der Waals surface area (Å²) < 4.78 is 25.0. The quantitative estimate of drug-likeness (QED) is 0.171. The summed E-state index contributed by atoms with van der Waals surface area (Å²) in [6.07, 6.45) is 7.54. The normalized spacial score (nSPS) is 19.1. The first-order valence-electron chi connectivity index (χ1n) is 14.0. The molecule has 6 heteroatoms. The summed E-state index contributed by atoms with van der Waals surface area (Å²) >= 11 is 6.60. The van der Waals surface area contributed by atoms with Crippen LogP contribution in [0.25, 0.3) is 0 Å². The molecule has 0 aromatic heterocycles. The number of ether oxygens (including phenoxy) is 2. The fraction of sp³-hybridized carbons (Fsp3) is 0.229. The van der Waals surface area contributed by atoms with Gasteiger partial charge in [-0.2, -0.15) is 0 Å². The van der Waals surface area contributed by atoms with Crippen molar-refractivity contribution < 1.29 is 13.9 Å². The zero-order valence-corrected chi connectivity index (χ0v) is 23.9. The Labute approximate surface area is 245 Å². The van der Waals surface area contributed by atoms with Gasteiger partial charge < -0.3 is 14.8 Å². The Kier molecular flexibility index (Phi) is 7.80. The molecule has 4 nitrogen and oxygen atoms in total. The van der Waals surface area contributed by atoms with Gasteiger partial charge in [0, 0.05) is 17.8 Å². The second-order valence-corrected chi connectivity index (χ2v) is 11.0. The molecule has 1 N–H and O–H groups in total. The van der Waals surface area contributed by atoms with Gasteiger partial charge in [-0.25, -0.2) is 4.39 Å². The third-order valence-electron chi connectivity index (χ3n) is 7.76. The summed E-state index contributed by atoms with van der Waals surface area (Å²) in [7, 11) is 0. The molecule has 0 fully saturated rings. The first kappa shape index (κ1) is 27.1. The van der Waals surface area contributed by atoms with Crippen molar-refractivity contribution in [3.63, 3.8) is 0 Å². The third kappa shape index (κ3) is 5.86. The number of hydrogen-bond acceptors (Lipinski definition) is 4. The van der Waals surface area contributed by atoms with Crippen LogP contribution in [0.4, 0.5) is 15.8 Å². The highest BCUT2D eigenvalue weighted by atomic mass is 35.5. The molecule has 0 amide bonds. The van der Waals surface area contributed by atoms with Crippen LogP contribution in [-0.4, -0.2) is 12.8 Å². The highest BCUT2D eigenvalue weighted by molar-refractivity contribution is 6.32. The van der Waals surface area contributed by atoms with Crippen LogP contribution in [0.15, 0.2) is 96.0 Å². The van der Waals surface area contributed by atoms with E-state index in [1.54, 1.807) is 24.4 Å². The van der Waals surface area contributed by atoms with E-state index in [2.05, 4.69) is 66.9 Å². The molecule has 6 rings (SSSR count). The summed E-state index contributed by atoms with van der Waals surface area (Å²) in [5, 5.41) is 4.23. The topological polar surface area (TPSA) is 42.8 Å². The van der Waals surface area contributed by atoms with Gasteiger partial charge in [0.25, 0.3) is 0 Å². The van der Waals surface area contributed by atoms with E-state index in [4.69, 9.17) is 26.1 Å². The molecule has 0 spiro atoms. The van der Waals surface area contributed by atoms with Crippen LogP contribution in [0, 0.1) is 18.7 Å². The van der Waals surface area contributed by atoms with Gasteiger partial charge in [-0.05, 0) is 90.9 Å². The highest BCUT2D eigenvalue weighted by Crippen LogP contribution is 2.50. The van der Waals surface area contributed by atoms with E-state index in [0.717, 1.165) is 23.2 Å². The van der Waals surface area contributed by atoms with Crippen molar-refractivity contribution in [3.05, 3.63) is 130 Å². The lowest BCUT2D eigenvalue weighted by molar-refractivity contribution is 0.269. The molecule has 1 aliphatic heterocycles. The van der Waals surface area contributed by atoms with Gasteiger partial charge in [0.1, 0.15) is 12.4 Å². The van der Waals surface area contributed by atoms with Crippen LogP contribution >= 0.6 is 11.6 Å². The van der Waals surface area contributed by atoms with Gasteiger partial charge in [-0.1, -0.05) is 65.7 Å². The number of fused-ring (bicyclic) bond motifs is 3. The number of nitrogens with zero attached hydrogens (tertiary/aromatic N) is 1. The smallest absolute Gasteiger partial charge is 0.180 e. The number of hydrogen-bond donors (Lipinski definition) is 1. The van der Waals surface area contributed by atoms with Gasteiger partial charge in [0.2, 0.25) is 0 Å². The van der Waals surface area contributed by atoms with Crippen LogP contribution in [0.3, 0.4) is 0 Å². The second-order valence-electron chi connectivity index (χ2n) is 10.6. The van der Waals surface area contributed by atoms with E-state index in [0.29, 0.717) is 35.0 Å². The fourth-order valence-electron chi connectivity index (χ4n) is 5.76. The van der Waals surface area contributed by atoms with Crippen LogP contribution in [0.1, 0.15) is 53.1 Å². The molecule has 0 bridgehead atoms. The van der Waals surface area contributed by atoms with E-state index in [1.165, 1.54) is 34.5 Å². The molecule has 0 saturated carbocycles. The Morgan fingerprint density at radius 2 is 1.80 bits per heavy atom. The lowest BCUT2D eigenvalue weighted by atomic mass is 9.76. The highest BCUT2D eigenvalue weighted by Gasteiger charge is 2.37. The van der Waals surface area contributed by atoms with Crippen LogP contribution < -0.4 is 14.8 Å². The first-order chi connectivity index (χ1) is 20.0. The third-order valence-corrected chi connectivity index (χ3v) is 8.04. The Bertz CT molecular complexity index is 1600. The number of benzene rings is 4. The van der Waals surface area contributed by atoms with Crippen LogP contribution in [0.5, 0.6) is 11.5 Å². The summed E-state index contributed by atoms with van der Waals surface area (Å²) in [6, 6.07) is 25.3. The van der Waals surface area contributed by atoms with E-state index < -0.39 is 0 Å². The molecule has 3 atom stereocenters. The molecular formula is C35H32ClFN2O2. The fourth-order valence-corrected chi connectivity index (χ4v) is 6.04. The van der Waals surface area contributed by atoms with Crippen molar-refractivity contribution >= 4 is 29.2 Å². The Morgan fingerprint density at radius 1 is 1.00 bits per heavy atom. The SMILES string of the molecule is CCOc1cc(C=Nc2ccc([C@@H]3Nc4ccc(C)cc4[C@H]4C=CC[C@H]43)cc2)cc(Cl)c1OCc1ccc(F)cc1. The van der Waals surface area contributed by atoms with Gasteiger partial charge in [-0.15, -0.1) is 0 Å². The molecule has 0 saturated heterocycles. The van der Waals surface area contributed by atoms with Gasteiger partial charge in [0.05, 0.1) is 23.4 Å². The summed E-state index contributed by atoms with van der Waals surface area (Å²) in [5.74, 6) is 1.65. The summed E-state index contributed by atoms with van der Waals surface area (Å²) in [4.78, 5) is 4.70. The van der Waals surface area contributed by atoms with Crippen molar-refractivity contribution in [2.45, 2.75) is 38.8 Å². The predicted octanol–water partition coefficient (Wildman–Crippen LogP) is 9.34. The average molecular weight is 567 g/mol. The monoisotopic (exact) mass is 566 g/mol. The van der Waals surface area contributed by atoms with E-state index >= 15 is 0 Å². The number of aliphatic imine (C=N–C) groups is 1. The van der Waals surface area contributed by atoms with Gasteiger partial charge >= 0.3 is 0 Å². The van der Waals surface area contributed by atoms with E-state index in [1.807, 2.05) is 13.0 Å². The Morgan fingerprint density at radius 3 is 2.59 bits per heavy atom. The summed E-state index contributed by atoms with van der Waals surface area (Å²) in [5.41, 5.74) is 7.68. The maximum Gasteiger partial charge on any atom is 0.180 e. The number of nitrogens with one attached hydrogen (secondary N) is 1. The largest absolute Gasteiger partial charge is 0.490 e. The first-order valence-corrected chi connectivity index (χ1v) is 14.4. The van der Waals surface area contributed by atoms with Crippen LogP contribution in [0.2, 0.25) is 5.02 Å². The van der Waals surface area contributed by atoms with Crippen LogP contribution in [-0.2, 0) is 6.61 Å². The zero-order chi connectivity index (χ0) is 28.3. The van der Waals surface area contributed by atoms with Gasteiger partial charge in [-0.3, -0.25) is 4.99 Å². The molecule has 1 aliphatic carbocycles. The standard InChI is InChI=1S/C35H32ClFN2O2/c1-3-40-33-19-24(18-31(36)35(33)41-21-23-8-12-26(37)13-9-23)20-38-27-14-10-25(11-15-27)34-29-6-4-5-28(29)30-17-22(2)7-16-32(30)39-34/h4-5,7-20,28-29,34,39H,3,6,21H2,1-2H3/t28-,29+,34-/m0/s1. The van der Waals surface area contributed by atoms with Crippen molar-refractivity contribution in [2.75, 3.05) is 11.9 Å². The van der Waals surface area contributed by atoms with Crippen molar-refractivity contribution in [1.29, 1.82) is 0 Å². The van der Waals surface area contributed by atoms with Gasteiger partial charge in [0.15, 0.2) is 11.5 Å². The molecule has 41 heavy (non-hydrogen) atoms. The average Bonchev–Trinajstić information content (AvgIpc) is 3.47. The predicted molar refractivity (Wildman–Crippen MR) is 165 cm³/mol. The van der Waals surface area contributed by atoms with Crippen molar-refractivity contribution in [1.82, 2.24) is 0 Å². The molecule has 0 unspecified atom stereocenters. The van der Waals surface area contributed by atoms with E-state index in [-0.39, 0.29) is 18.5 Å². The molecular weight excluding hydrogens is 535 g/mol. The molecule has 2 aliphatic rings. The lowest BCUT2D eigenvalue weighted by Crippen LogP contribution is -2.29. The Balaban J connectivity index is 1.17. The van der Waals surface area contributed by atoms with E-state index in [9.17, 15) is 4.39 Å². The minimum absolute atomic E-state index is 0.248. The minimum Gasteiger partial charge on any atom is -0.490 e. The number of allylic oxidation sites excluding steroid dienone is 2. The van der Waals surface area contributed by atoms with Crippen molar-refractivity contribution in [2.24, 2.45) is 10.9 Å². The van der Waals surface area contributed by atoms with Crippen molar-refractivity contribution in [3.8, 4) is 11.5 Å². The molecule has 0 radical (unpaired) electrons. The Hall–Kier alpha value is -4.09. The maximum absolute atomic E-state index is 13.2. The molecule has 4 aromatic rings. The lowest BCUT2D eigenvalue weighted by Gasteiger charge is -2.37. The maximum atomic E-state index is 13.2. The minimum atomic E-state index is -0.286. The molecule has 208 valence electrons. The number of aryl methyl sites for hydroxylation is 1. The molecule has 1 heterocycles.